The first-order valence-corrected chi connectivity index (χ1v) is 14.4. The van der Waals surface area contributed by atoms with Crippen molar-refractivity contribution in [3.05, 3.63) is 81.4 Å². The van der Waals surface area contributed by atoms with Crippen LogP contribution in [0.15, 0.2) is 59.5 Å². The number of nitrogens with two attached hydrogens (primary N) is 1. The molecule has 3 N–H and O–H groups in total. The van der Waals surface area contributed by atoms with Crippen molar-refractivity contribution >= 4 is 35.9 Å². The molecule has 0 bridgehead atoms. The first-order chi connectivity index (χ1) is 18.7. The lowest BCUT2D eigenvalue weighted by atomic mass is 9.95. The summed E-state index contributed by atoms with van der Waals surface area (Å²) in [6, 6.07) is 12.7. The minimum absolute atomic E-state index is 0.123. The van der Waals surface area contributed by atoms with Crippen LogP contribution < -0.4 is 20.5 Å². The van der Waals surface area contributed by atoms with Gasteiger partial charge < -0.3 is 24.6 Å². The SMILES string of the molecule is Cc1ccc(OP(=S)(OC[C@@]2(C(F)F)O[C@@H](n3cc(Cl)c(N)nc3=O)[C@H](O)C2(F)F)Oc2ccc(C)cc2)cc1. The summed E-state index contributed by atoms with van der Waals surface area (Å²) in [7, 11) is 0. The number of aryl methyl sites for hydroxylation is 2. The summed E-state index contributed by atoms with van der Waals surface area (Å²) in [5.41, 5.74) is 2.10. The van der Waals surface area contributed by atoms with Crippen molar-refractivity contribution in [3.8, 4) is 11.5 Å². The maximum absolute atomic E-state index is 15.4. The quantitative estimate of drug-likeness (QED) is 0.250. The number of aliphatic hydroxyl groups excluding tert-OH is 1. The Balaban J connectivity index is 1.69. The lowest BCUT2D eigenvalue weighted by Crippen LogP contribution is -2.57. The first-order valence-electron chi connectivity index (χ1n) is 11.5. The van der Waals surface area contributed by atoms with Crippen molar-refractivity contribution in [3.63, 3.8) is 0 Å². The number of anilines is 1. The van der Waals surface area contributed by atoms with Gasteiger partial charge in [-0.1, -0.05) is 47.0 Å². The number of nitrogen functional groups attached to an aromatic ring is 1. The molecule has 0 amide bonds. The largest absolute Gasteiger partial charge is 0.435 e. The molecule has 0 aliphatic carbocycles. The number of alkyl halides is 4. The summed E-state index contributed by atoms with van der Waals surface area (Å²) >= 11 is 11.2. The third-order valence-corrected chi connectivity index (χ3v) is 8.38. The van der Waals surface area contributed by atoms with Gasteiger partial charge in [0.25, 0.3) is 6.43 Å². The number of nitrogens with zero attached hydrogens (tertiary/aromatic N) is 2. The molecule has 1 aromatic heterocycles. The van der Waals surface area contributed by atoms with Gasteiger partial charge >= 0.3 is 18.3 Å². The van der Waals surface area contributed by atoms with Gasteiger partial charge in [0.15, 0.2) is 12.3 Å². The van der Waals surface area contributed by atoms with Crippen molar-refractivity contribution in [2.24, 2.45) is 0 Å². The summed E-state index contributed by atoms with van der Waals surface area (Å²) in [4.78, 5) is 15.6. The first kappa shape index (κ1) is 30.2. The van der Waals surface area contributed by atoms with E-state index >= 15 is 8.78 Å². The molecule has 9 nitrogen and oxygen atoms in total. The van der Waals surface area contributed by atoms with Gasteiger partial charge in [0.1, 0.15) is 17.3 Å². The fraction of sp³-hybridized carbons (Fsp3) is 0.333. The van der Waals surface area contributed by atoms with Crippen LogP contribution in [0.25, 0.3) is 0 Å². The standard InChI is InChI=1S/C24H23ClF4N3O6PS/c1-13-3-7-15(8-4-13)37-39(40,38-16-9-5-14(2)6-10-16)35-12-23(21(26)27)24(28,29)18(33)20(36-23)32-11-17(25)19(30)31-22(32)34/h3-11,18,20-21,33H,12H2,1-2H3,(H2,30,31,34)/t18-,20+,23-/m0/s1. The Bertz CT molecular complexity index is 1430. The number of rotatable bonds is 9. The molecular formula is C24H23ClF4N3O6PS. The minimum atomic E-state index is -4.67. The van der Waals surface area contributed by atoms with E-state index < -0.39 is 55.1 Å². The molecule has 1 aliphatic rings. The summed E-state index contributed by atoms with van der Waals surface area (Å²) in [5.74, 6) is -4.86. The van der Waals surface area contributed by atoms with Crippen LogP contribution in [0, 0.1) is 13.8 Å². The zero-order valence-electron chi connectivity index (χ0n) is 20.8. The molecule has 3 atom stereocenters. The Morgan fingerprint density at radius 1 is 1.12 bits per heavy atom. The van der Waals surface area contributed by atoms with E-state index in [-0.39, 0.29) is 16.5 Å². The predicted octanol–water partition coefficient (Wildman–Crippen LogP) is 5.02. The molecule has 2 heterocycles. The van der Waals surface area contributed by atoms with Gasteiger partial charge in [0, 0.05) is 18.0 Å². The van der Waals surface area contributed by atoms with Gasteiger partial charge in [-0.05, 0) is 38.1 Å². The Hall–Kier alpha value is -2.74. The third kappa shape index (κ3) is 5.83. The highest BCUT2D eigenvalue weighted by Crippen LogP contribution is 2.56. The monoisotopic (exact) mass is 623 g/mol. The van der Waals surface area contributed by atoms with E-state index in [2.05, 4.69) is 4.98 Å². The van der Waals surface area contributed by atoms with Crippen molar-refractivity contribution in [1.82, 2.24) is 9.55 Å². The number of benzene rings is 2. The molecule has 3 aromatic rings. The Labute approximate surface area is 235 Å². The van der Waals surface area contributed by atoms with Crippen LogP contribution in [0.2, 0.25) is 5.02 Å². The molecule has 40 heavy (non-hydrogen) atoms. The van der Waals surface area contributed by atoms with Crippen molar-refractivity contribution in [2.45, 2.75) is 44.1 Å². The molecule has 0 unspecified atom stereocenters. The van der Waals surface area contributed by atoms with E-state index in [0.717, 1.165) is 17.3 Å². The van der Waals surface area contributed by atoms with Crippen LogP contribution in [0.1, 0.15) is 17.4 Å². The van der Waals surface area contributed by atoms with Crippen molar-refractivity contribution in [1.29, 1.82) is 0 Å². The Morgan fingerprint density at radius 2 is 1.62 bits per heavy atom. The molecule has 1 fully saturated rings. The Kier molecular flexibility index (Phi) is 8.51. The minimum Gasteiger partial charge on any atom is -0.416 e. The summed E-state index contributed by atoms with van der Waals surface area (Å²) in [5, 5.41) is 10.0. The van der Waals surface area contributed by atoms with Crippen LogP contribution in [-0.4, -0.2) is 45.3 Å². The fourth-order valence-electron chi connectivity index (χ4n) is 3.73. The molecule has 1 saturated heterocycles. The summed E-state index contributed by atoms with van der Waals surface area (Å²) < 4.78 is 82.0. The summed E-state index contributed by atoms with van der Waals surface area (Å²) in [6.07, 6.45) is -8.49. The average molecular weight is 624 g/mol. The number of hydrogen-bond acceptors (Lipinski definition) is 9. The van der Waals surface area contributed by atoms with E-state index in [9.17, 15) is 18.7 Å². The maximum Gasteiger partial charge on any atom is 0.435 e. The lowest BCUT2D eigenvalue weighted by molar-refractivity contribution is -0.242. The van der Waals surface area contributed by atoms with E-state index in [0.29, 0.717) is 4.57 Å². The predicted molar refractivity (Wildman–Crippen MR) is 142 cm³/mol. The zero-order valence-corrected chi connectivity index (χ0v) is 23.3. The molecule has 2 aromatic carbocycles. The number of hydrogen-bond donors (Lipinski definition) is 2. The zero-order chi connectivity index (χ0) is 29.5. The van der Waals surface area contributed by atoms with Crippen LogP contribution in [0.3, 0.4) is 0 Å². The van der Waals surface area contributed by atoms with Gasteiger partial charge in [-0.15, -0.1) is 0 Å². The normalized spacial score (nSPS) is 22.4. The number of aliphatic hydroxyl groups is 1. The highest BCUT2D eigenvalue weighted by atomic mass is 35.5. The fourth-order valence-corrected chi connectivity index (χ4v) is 5.80. The second-order valence-electron chi connectivity index (χ2n) is 8.96. The van der Waals surface area contributed by atoms with Gasteiger partial charge in [-0.25, -0.2) is 13.6 Å². The number of ether oxygens (including phenoxy) is 1. The lowest BCUT2D eigenvalue weighted by Gasteiger charge is -2.34. The van der Waals surface area contributed by atoms with Gasteiger partial charge in [-0.3, -0.25) is 9.09 Å². The maximum atomic E-state index is 15.4. The second kappa shape index (κ2) is 11.3. The molecule has 16 heteroatoms. The van der Waals surface area contributed by atoms with E-state index in [1.165, 1.54) is 24.3 Å². The van der Waals surface area contributed by atoms with Gasteiger partial charge in [-0.2, -0.15) is 13.8 Å². The number of halogens is 5. The molecule has 1 aliphatic heterocycles. The van der Waals surface area contributed by atoms with Crippen molar-refractivity contribution in [2.75, 3.05) is 12.3 Å². The Morgan fingerprint density at radius 3 is 2.10 bits per heavy atom. The van der Waals surface area contributed by atoms with E-state index in [1.54, 1.807) is 24.3 Å². The molecule has 0 saturated carbocycles. The number of aromatic nitrogens is 2. The van der Waals surface area contributed by atoms with Gasteiger partial charge in [0.2, 0.25) is 5.60 Å². The molecule has 4 rings (SSSR count). The van der Waals surface area contributed by atoms with E-state index in [1.807, 2.05) is 13.8 Å². The topological polar surface area (TPSA) is 118 Å². The van der Waals surface area contributed by atoms with Crippen LogP contribution in [0.4, 0.5) is 23.4 Å². The molecule has 0 spiro atoms. The van der Waals surface area contributed by atoms with Crippen LogP contribution in [0.5, 0.6) is 11.5 Å². The molecular weight excluding hydrogens is 601 g/mol. The molecule has 0 radical (unpaired) electrons. The van der Waals surface area contributed by atoms with Crippen LogP contribution >= 0.6 is 18.3 Å². The second-order valence-corrected chi connectivity index (χ2v) is 12.2. The third-order valence-electron chi connectivity index (χ3n) is 6.01. The highest BCUT2D eigenvalue weighted by molar-refractivity contribution is 8.07. The van der Waals surface area contributed by atoms with Crippen LogP contribution in [-0.2, 0) is 21.1 Å². The summed E-state index contributed by atoms with van der Waals surface area (Å²) in [6.45, 7) is -2.11. The average Bonchev–Trinajstić information content (AvgIpc) is 3.09. The molecule has 216 valence electrons. The van der Waals surface area contributed by atoms with Crippen molar-refractivity contribution < 1.29 is 41.0 Å². The van der Waals surface area contributed by atoms with Gasteiger partial charge in [0.05, 0.1) is 11.6 Å². The highest BCUT2D eigenvalue weighted by Gasteiger charge is 2.74. The van der Waals surface area contributed by atoms with E-state index in [4.69, 9.17) is 47.4 Å². The smallest absolute Gasteiger partial charge is 0.416 e.